The SMILES string of the molecule is C=C(C)COc1ccc(-c2nc3cccc(C)n3c2CCl)cc1. The number of aryl methyl sites for hydroxylation is 1. The second-order valence-electron chi connectivity index (χ2n) is 5.67. The molecule has 3 nitrogen and oxygen atoms in total. The van der Waals surface area contributed by atoms with Crippen molar-refractivity contribution in [3.05, 3.63) is 66.0 Å². The van der Waals surface area contributed by atoms with Crippen LogP contribution >= 0.6 is 11.6 Å². The van der Waals surface area contributed by atoms with Gasteiger partial charge in [0.1, 0.15) is 18.0 Å². The lowest BCUT2D eigenvalue weighted by Crippen LogP contribution is -1.97. The molecule has 0 unspecified atom stereocenters. The molecule has 0 saturated carbocycles. The van der Waals surface area contributed by atoms with E-state index < -0.39 is 0 Å². The van der Waals surface area contributed by atoms with Gasteiger partial charge in [0.25, 0.3) is 0 Å². The minimum Gasteiger partial charge on any atom is -0.489 e. The number of pyridine rings is 1. The third-order valence-electron chi connectivity index (χ3n) is 3.67. The predicted molar refractivity (Wildman–Crippen MR) is 95.2 cm³/mol. The smallest absolute Gasteiger partial charge is 0.137 e. The number of aromatic nitrogens is 2. The second-order valence-corrected chi connectivity index (χ2v) is 5.94. The maximum atomic E-state index is 6.19. The Labute approximate surface area is 141 Å². The molecule has 4 heteroatoms. The van der Waals surface area contributed by atoms with E-state index >= 15 is 0 Å². The molecule has 2 aromatic heterocycles. The number of imidazole rings is 1. The molecule has 0 fully saturated rings. The lowest BCUT2D eigenvalue weighted by molar-refractivity contribution is 0.353. The van der Waals surface area contributed by atoms with Gasteiger partial charge in [0.2, 0.25) is 0 Å². The summed E-state index contributed by atoms with van der Waals surface area (Å²) >= 11 is 6.19. The van der Waals surface area contributed by atoms with Crippen LogP contribution in [0.4, 0.5) is 0 Å². The van der Waals surface area contributed by atoms with Crippen LogP contribution in [0.1, 0.15) is 18.3 Å². The summed E-state index contributed by atoms with van der Waals surface area (Å²) in [7, 11) is 0. The van der Waals surface area contributed by atoms with Crippen molar-refractivity contribution >= 4 is 17.2 Å². The molecule has 0 aliphatic carbocycles. The molecule has 0 atom stereocenters. The van der Waals surface area contributed by atoms with Crippen LogP contribution in [0.5, 0.6) is 5.75 Å². The van der Waals surface area contributed by atoms with Gasteiger partial charge in [-0.05, 0) is 55.8 Å². The van der Waals surface area contributed by atoms with Gasteiger partial charge in [-0.2, -0.15) is 0 Å². The van der Waals surface area contributed by atoms with E-state index in [1.807, 2.05) is 43.3 Å². The van der Waals surface area contributed by atoms with E-state index in [0.29, 0.717) is 12.5 Å². The van der Waals surface area contributed by atoms with Gasteiger partial charge in [0, 0.05) is 11.3 Å². The highest BCUT2D eigenvalue weighted by molar-refractivity contribution is 6.17. The van der Waals surface area contributed by atoms with Crippen LogP contribution in [0.25, 0.3) is 16.9 Å². The van der Waals surface area contributed by atoms with Crippen molar-refractivity contribution in [1.29, 1.82) is 0 Å². The van der Waals surface area contributed by atoms with Crippen LogP contribution in [-0.2, 0) is 5.88 Å². The van der Waals surface area contributed by atoms with Crippen LogP contribution < -0.4 is 4.74 Å². The highest BCUT2D eigenvalue weighted by Crippen LogP contribution is 2.28. The fraction of sp³-hybridized carbons (Fsp3) is 0.211. The molecule has 118 valence electrons. The predicted octanol–water partition coefficient (Wildman–Crippen LogP) is 5.00. The van der Waals surface area contributed by atoms with Crippen molar-refractivity contribution < 1.29 is 4.74 Å². The average Bonchev–Trinajstić information content (AvgIpc) is 2.93. The number of rotatable bonds is 5. The molecule has 0 N–H and O–H groups in total. The van der Waals surface area contributed by atoms with Crippen molar-refractivity contribution in [1.82, 2.24) is 9.38 Å². The minimum absolute atomic E-state index is 0.412. The number of halogens is 1. The maximum Gasteiger partial charge on any atom is 0.137 e. The van der Waals surface area contributed by atoms with E-state index in [9.17, 15) is 0 Å². The zero-order valence-electron chi connectivity index (χ0n) is 13.3. The Hall–Kier alpha value is -2.26. The summed E-state index contributed by atoms with van der Waals surface area (Å²) in [5, 5.41) is 0. The van der Waals surface area contributed by atoms with E-state index in [1.165, 1.54) is 0 Å². The standard InChI is InChI=1S/C19H19ClN2O/c1-13(2)12-23-16-9-7-15(8-10-16)19-17(11-20)22-14(3)5-4-6-18(22)21-19/h4-10H,1,11-12H2,2-3H3. The first-order valence-electron chi connectivity index (χ1n) is 7.50. The summed E-state index contributed by atoms with van der Waals surface area (Å²) in [6, 6.07) is 14.0. The van der Waals surface area contributed by atoms with Gasteiger partial charge < -0.3 is 4.74 Å². The van der Waals surface area contributed by atoms with Gasteiger partial charge in [0.15, 0.2) is 0 Å². The molecule has 0 spiro atoms. The molecule has 0 aliphatic rings. The molecule has 0 radical (unpaired) electrons. The average molecular weight is 327 g/mol. The molecule has 3 aromatic rings. The van der Waals surface area contributed by atoms with Crippen LogP contribution in [0.2, 0.25) is 0 Å². The number of hydrogen-bond donors (Lipinski definition) is 0. The summed E-state index contributed by atoms with van der Waals surface area (Å²) in [6.07, 6.45) is 0. The Balaban J connectivity index is 2.00. The van der Waals surface area contributed by atoms with Gasteiger partial charge in [0.05, 0.1) is 17.3 Å². The van der Waals surface area contributed by atoms with Gasteiger partial charge >= 0.3 is 0 Å². The Bertz CT molecular complexity index is 850. The Morgan fingerprint density at radius 1 is 1.22 bits per heavy atom. The zero-order valence-corrected chi connectivity index (χ0v) is 14.1. The monoisotopic (exact) mass is 326 g/mol. The van der Waals surface area contributed by atoms with E-state index in [2.05, 4.69) is 24.0 Å². The molecule has 23 heavy (non-hydrogen) atoms. The summed E-state index contributed by atoms with van der Waals surface area (Å²) < 4.78 is 7.75. The molecule has 1 aromatic carbocycles. The fourth-order valence-corrected chi connectivity index (χ4v) is 2.84. The van der Waals surface area contributed by atoms with Crippen molar-refractivity contribution in [2.24, 2.45) is 0 Å². The highest BCUT2D eigenvalue weighted by Gasteiger charge is 2.14. The third-order valence-corrected chi connectivity index (χ3v) is 3.93. The molecule has 0 amide bonds. The third kappa shape index (κ3) is 3.10. The van der Waals surface area contributed by atoms with Crippen LogP contribution in [-0.4, -0.2) is 16.0 Å². The summed E-state index contributed by atoms with van der Waals surface area (Å²) in [5.41, 5.74) is 5.99. The van der Waals surface area contributed by atoms with Gasteiger partial charge in [-0.25, -0.2) is 4.98 Å². The van der Waals surface area contributed by atoms with Crippen LogP contribution in [0.15, 0.2) is 54.6 Å². The van der Waals surface area contributed by atoms with E-state index in [4.69, 9.17) is 21.3 Å². The lowest BCUT2D eigenvalue weighted by Gasteiger charge is -2.07. The molecule has 0 aliphatic heterocycles. The number of ether oxygens (including phenoxy) is 1. The number of hydrogen-bond acceptors (Lipinski definition) is 2. The first kappa shape index (κ1) is 15.6. The first-order valence-corrected chi connectivity index (χ1v) is 8.04. The van der Waals surface area contributed by atoms with Gasteiger partial charge in [-0.3, -0.25) is 4.40 Å². The summed E-state index contributed by atoms with van der Waals surface area (Å²) in [6.45, 7) is 8.37. The molecule has 2 heterocycles. The first-order chi connectivity index (χ1) is 11.1. The van der Waals surface area contributed by atoms with Crippen molar-refractivity contribution in [3.8, 4) is 17.0 Å². The molecule has 0 saturated heterocycles. The van der Waals surface area contributed by atoms with E-state index in [-0.39, 0.29) is 0 Å². The highest BCUT2D eigenvalue weighted by atomic mass is 35.5. The molecule has 0 bridgehead atoms. The van der Waals surface area contributed by atoms with E-state index in [0.717, 1.165) is 39.6 Å². The zero-order chi connectivity index (χ0) is 16.4. The van der Waals surface area contributed by atoms with Gasteiger partial charge in [-0.1, -0.05) is 12.6 Å². The van der Waals surface area contributed by atoms with Gasteiger partial charge in [-0.15, -0.1) is 11.6 Å². The topological polar surface area (TPSA) is 26.5 Å². The Morgan fingerprint density at radius 2 is 1.96 bits per heavy atom. The normalized spacial score (nSPS) is 10.9. The number of alkyl halides is 1. The molecule has 3 rings (SSSR count). The minimum atomic E-state index is 0.412. The van der Waals surface area contributed by atoms with E-state index in [1.54, 1.807) is 0 Å². The number of nitrogens with zero attached hydrogens (tertiary/aromatic N) is 2. The fourth-order valence-electron chi connectivity index (χ4n) is 2.60. The Kier molecular flexibility index (Phi) is 4.39. The number of benzene rings is 1. The second kappa shape index (κ2) is 6.47. The number of fused-ring (bicyclic) bond motifs is 1. The molecular weight excluding hydrogens is 308 g/mol. The Morgan fingerprint density at radius 3 is 2.61 bits per heavy atom. The van der Waals surface area contributed by atoms with Crippen LogP contribution in [0.3, 0.4) is 0 Å². The summed E-state index contributed by atoms with van der Waals surface area (Å²) in [4.78, 5) is 4.74. The maximum absolute atomic E-state index is 6.19. The van der Waals surface area contributed by atoms with Crippen molar-refractivity contribution in [2.75, 3.05) is 6.61 Å². The van der Waals surface area contributed by atoms with Crippen molar-refractivity contribution in [3.63, 3.8) is 0 Å². The summed E-state index contributed by atoms with van der Waals surface area (Å²) in [5.74, 6) is 1.24. The lowest BCUT2D eigenvalue weighted by atomic mass is 10.1. The largest absolute Gasteiger partial charge is 0.489 e. The van der Waals surface area contributed by atoms with Crippen LogP contribution in [0, 0.1) is 6.92 Å². The quantitative estimate of drug-likeness (QED) is 0.487. The molecular formula is C19H19ClN2O. The van der Waals surface area contributed by atoms with Crippen molar-refractivity contribution in [2.45, 2.75) is 19.7 Å².